The molecule has 1 aromatic heterocycles. The number of aliphatic hydroxyl groups is 1. The molecule has 3 rings (SSSR count). The summed E-state index contributed by atoms with van der Waals surface area (Å²) in [5, 5.41) is 27.7. The number of nitrogens with zero attached hydrogens (tertiary/aromatic N) is 1. The number of hydrogen-bond acceptors (Lipinski definition) is 6. The minimum Gasteiger partial charge on any atom is -0.506 e. The van der Waals surface area contributed by atoms with Crippen LogP contribution in [-0.4, -0.2) is 23.6 Å². The van der Waals surface area contributed by atoms with Gasteiger partial charge in [-0.15, -0.1) is 0 Å². The fourth-order valence-electron chi connectivity index (χ4n) is 2.77. The van der Waals surface area contributed by atoms with E-state index in [2.05, 4.69) is 10.3 Å². The van der Waals surface area contributed by atoms with Crippen LogP contribution in [0.5, 0.6) is 5.75 Å². The van der Waals surface area contributed by atoms with Gasteiger partial charge in [-0.2, -0.15) is 0 Å². The van der Waals surface area contributed by atoms with Crippen LogP contribution in [0.2, 0.25) is 0 Å². The van der Waals surface area contributed by atoms with Gasteiger partial charge in [-0.05, 0) is 23.8 Å². The van der Waals surface area contributed by atoms with Crippen molar-refractivity contribution in [1.29, 1.82) is 0 Å². The number of pyridine rings is 1. The van der Waals surface area contributed by atoms with Crippen LogP contribution in [0.4, 0.5) is 5.69 Å². The average molecular weight is 385 g/mol. The molecule has 0 radical (unpaired) electrons. The molecule has 0 fully saturated rings. The van der Waals surface area contributed by atoms with E-state index in [1.165, 1.54) is 18.5 Å². The summed E-state index contributed by atoms with van der Waals surface area (Å²) in [6.45, 7) is 0.0824. The molecule has 5 N–H and O–H groups in total. The van der Waals surface area contributed by atoms with Crippen LogP contribution in [0.15, 0.2) is 65.8 Å². The van der Waals surface area contributed by atoms with Crippen molar-refractivity contribution in [3.05, 3.63) is 72.1 Å². The summed E-state index contributed by atoms with van der Waals surface area (Å²) in [5.41, 5.74) is 3.12. The second-order valence-corrected chi connectivity index (χ2v) is 7.46. The summed E-state index contributed by atoms with van der Waals surface area (Å²) >= 11 is 0. The second kappa shape index (κ2) is 7.75. The fraction of sp³-hybridized carbons (Fsp3) is 0.105. The van der Waals surface area contributed by atoms with Gasteiger partial charge in [0.05, 0.1) is 17.7 Å². The molecular weight excluding hydrogens is 366 g/mol. The standard InChI is InChI=1S/C19H19N3O4S/c20-27(25,26)19-4-2-1-3-16(19)13-5-7-15(8-6-13)22-10-17-14(12-23)9-21-11-18(17)24/h1-9,11,22-24H,10,12H2,(H2,20,25,26). The third-order valence-corrected chi connectivity index (χ3v) is 5.12. The van der Waals surface area contributed by atoms with E-state index in [0.717, 1.165) is 5.69 Å². The summed E-state index contributed by atoms with van der Waals surface area (Å²) in [7, 11) is -3.82. The van der Waals surface area contributed by atoms with Gasteiger partial charge in [0.1, 0.15) is 5.75 Å². The van der Waals surface area contributed by atoms with E-state index >= 15 is 0 Å². The molecule has 3 aromatic rings. The lowest BCUT2D eigenvalue weighted by molar-refractivity contribution is 0.279. The molecule has 7 nitrogen and oxygen atoms in total. The Morgan fingerprint density at radius 3 is 2.41 bits per heavy atom. The predicted octanol–water partition coefficient (Wildman–Crippen LogP) is 2.21. The predicted molar refractivity (Wildman–Crippen MR) is 102 cm³/mol. The van der Waals surface area contributed by atoms with Crippen LogP contribution in [0.3, 0.4) is 0 Å². The molecule has 0 saturated carbocycles. The van der Waals surface area contributed by atoms with Crippen molar-refractivity contribution in [2.24, 2.45) is 5.14 Å². The molecule has 0 aliphatic carbocycles. The van der Waals surface area contributed by atoms with Gasteiger partial charge in [0.25, 0.3) is 0 Å². The fourth-order valence-corrected chi connectivity index (χ4v) is 3.53. The van der Waals surface area contributed by atoms with Crippen LogP contribution >= 0.6 is 0 Å². The van der Waals surface area contributed by atoms with Crippen molar-refractivity contribution in [2.75, 3.05) is 5.32 Å². The molecule has 2 aromatic carbocycles. The highest BCUT2D eigenvalue weighted by Gasteiger charge is 2.14. The van der Waals surface area contributed by atoms with E-state index in [4.69, 9.17) is 5.14 Å². The highest BCUT2D eigenvalue weighted by atomic mass is 32.2. The second-order valence-electron chi connectivity index (χ2n) is 5.93. The number of anilines is 1. The van der Waals surface area contributed by atoms with Crippen LogP contribution in [0.25, 0.3) is 11.1 Å². The Morgan fingerprint density at radius 2 is 1.74 bits per heavy atom. The van der Waals surface area contributed by atoms with E-state index in [0.29, 0.717) is 28.8 Å². The Hall–Kier alpha value is -2.94. The number of aliphatic hydroxyl groups excluding tert-OH is 1. The molecule has 0 bridgehead atoms. The first-order chi connectivity index (χ1) is 12.9. The van der Waals surface area contributed by atoms with Crippen molar-refractivity contribution in [3.8, 4) is 16.9 Å². The van der Waals surface area contributed by atoms with Gasteiger partial charge in [-0.25, -0.2) is 13.6 Å². The minimum absolute atomic E-state index is 0.00718. The van der Waals surface area contributed by atoms with E-state index < -0.39 is 10.0 Å². The normalized spacial score (nSPS) is 11.3. The van der Waals surface area contributed by atoms with Crippen molar-refractivity contribution >= 4 is 15.7 Å². The number of nitrogens with two attached hydrogens (primary N) is 1. The summed E-state index contributed by atoms with van der Waals surface area (Å²) < 4.78 is 23.5. The number of sulfonamides is 1. The van der Waals surface area contributed by atoms with Crippen molar-refractivity contribution in [1.82, 2.24) is 4.98 Å². The molecule has 140 valence electrons. The maximum absolute atomic E-state index is 11.8. The number of rotatable bonds is 6. The molecule has 1 heterocycles. The number of aromatic hydroxyl groups is 1. The van der Waals surface area contributed by atoms with Gasteiger partial charge in [-0.3, -0.25) is 4.98 Å². The molecule has 0 saturated heterocycles. The third-order valence-electron chi connectivity index (χ3n) is 4.15. The van der Waals surface area contributed by atoms with Gasteiger partial charge in [0.2, 0.25) is 10.0 Å². The first-order valence-electron chi connectivity index (χ1n) is 8.12. The van der Waals surface area contributed by atoms with Gasteiger partial charge in [0.15, 0.2) is 0 Å². The maximum Gasteiger partial charge on any atom is 0.238 e. The molecule has 0 aliphatic rings. The Kier molecular flexibility index (Phi) is 5.41. The van der Waals surface area contributed by atoms with Crippen LogP contribution in [0.1, 0.15) is 11.1 Å². The first-order valence-corrected chi connectivity index (χ1v) is 9.66. The van der Waals surface area contributed by atoms with Crippen LogP contribution in [-0.2, 0) is 23.2 Å². The van der Waals surface area contributed by atoms with E-state index in [-0.39, 0.29) is 17.3 Å². The van der Waals surface area contributed by atoms with E-state index in [1.54, 1.807) is 42.5 Å². The zero-order valence-electron chi connectivity index (χ0n) is 14.3. The van der Waals surface area contributed by atoms with Crippen LogP contribution < -0.4 is 10.5 Å². The molecule has 27 heavy (non-hydrogen) atoms. The zero-order valence-corrected chi connectivity index (χ0v) is 15.1. The number of primary sulfonamides is 1. The molecule has 0 atom stereocenters. The molecule has 0 aliphatic heterocycles. The Labute approximate surface area is 157 Å². The van der Waals surface area contributed by atoms with Gasteiger partial charge >= 0.3 is 0 Å². The molecule has 0 amide bonds. The van der Waals surface area contributed by atoms with Crippen molar-refractivity contribution in [2.45, 2.75) is 18.0 Å². The lowest BCUT2D eigenvalue weighted by Gasteiger charge is -2.12. The number of aromatic nitrogens is 1. The van der Waals surface area contributed by atoms with E-state index in [1.807, 2.05) is 0 Å². The van der Waals surface area contributed by atoms with Crippen molar-refractivity contribution < 1.29 is 18.6 Å². The van der Waals surface area contributed by atoms with Crippen molar-refractivity contribution in [3.63, 3.8) is 0 Å². The molecule has 0 spiro atoms. The highest BCUT2D eigenvalue weighted by molar-refractivity contribution is 7.89. The summed E-state index contributed by atoms with van der Waals surface area (Å²) in [6.07, 6.45) is 2.83. The molecule has 0 unspecified atom stereocenters. The largest absolute Gasteiger partial charge is 0.506 e. The van der Waals surface area contributed by atoms with Gasteiger partial charge in [-0.1, -0.05) is 30.3 Å². The Morgan fingerprint density at radius 1 is 1.04 bits per heavy atom. The number of nitrogens with one attached hydrogen (secondary N) is 1. The summed E-state index contributed by atoms with van der Waals surface area (Å²) in [5.74, 6) is 0.00718. The van der Waals surface area contributed by atoms with E-state index in [9.17, 15) is 18.6 Å². The monoisotopic (exact) mass is 385 g/mol. The Bertz CT molecular complexity index is 1050. The SMILES string of the molecule is NS(=O)(=O)c1ccccc1-c1ccc(NCc2c(O)cncc2CO)cc1. The molecule has 8 heteroatoms. The zero-order chi connectivity index (χ0) is 19.4. The summed E-state index contributed by atoms with van der Waals surface area (Å²) in [6, 6.07) is 13.7. The minimum atomic E-state index is -3.82. The quantitative estimate of drug-likeness (QED) is 0.515. The number of hydrogen-bond donors (Lipinski definition) is 4. The highest BCUT2D eigenvalue weighted by Crippen LogP contribution is 2.28. The lowest BCUT2D eigenvalue weighted by Crippen LogP contribution is -2.13. The van der Waals surface area contributed by atoms with Crippen LogP contribution in [0, 0.1) is 0 Å². The third kappa shape index (κ3) is 4.25. The number of benzene rings is 2. The topological polar surface area (TPSA) is 126 Å². The van der Waals surface area contributed by atoms with Gasteiger partial charge in [0, 0.05) is 35.1 Å². The summed E-state index contributed by atoms with van der Waals surface area (Å²) in [4.78, 5) is 3.92. The molecular formula is C19H19N3O4S. The maximum atomic E-state index is 11.8. The average Bonchev–Trinajstić information content (AvgIpc) is 2.66. The smallest absolute Gasteiger partial charge is 0.238 e. The van der Waals surface area contributed by atoms with Gasteiger partial charge < -0.3 is 15.5 Å². The lowest BCUT2D eigenvalue weighted by atomic mass is 10.1. The first kappa shape index (κ1) is 18.8. The Balaban J connectivity index is 1.82.